The lowest BCUT2D eigenvalue weighted by molar-refractivity contribution is -0.136. The fraction of sp³-hybridized carbons (Fsp3) is 0.600. The number of carbonyl (C=O) groups is 1. The summed E-state index contributed by atoms with van der Waals surface area (Å²) < 4.78 is 1.68. The van der Waals surface area contributed by atoms with Crippen LogP contribution < -0.4 is 4.90 Å². The fourth-order valence-electron chi connectivity index (χ4n) is 3.42. The van der Waals surface area contributed by atoms with E-state index >= 15 is 0 Å². The lowest BCUT2D eigenvalue weighted by Gasteiger charge is -2.45. The molecule has 7 heteroatoms. The van der Waals surface area contributed by atoms with E-state index in [0.29, 0.717) is 11.9 Å². The van der Waals surface area contributed by atoms with Crippen molar-refractivity contribution in [1.82, 2.24) is 24.7 Å². The molecular formula is C15H20N6O. The van der Waals surface area contributed by atoms with Gasteiger partial charge in [0.15, 0.2) is 5.65 Å². The molecule has 1 amide bonds. The molecule has 2 aliphatic rings. The second kappa shape index (κ2) is 5.23. The first-order valence-electron chi connectivity index (χ1n) is 7.91. The number of likely N-dealkylation sites (N-methyl/N-ethyl adjacent to an activating group) is 1. The first-order chi connectivity index (χ1) is 10.7. The summed E-state index contributed by atoms with van der Waals surface area (Å²) in [6, 6.07) is 4.17. The van der Waals surface area contributed by atoms with Crippen molar-refractivity contribution in [2.75, 3.05) is 25.0 Å². The van der Waals surface area contributed by atoms with Gasteiger partial charge in [-0.15, -0.1) is 15.3 Å². The molecular weight excluding hydrogens is 280 g/mol. The maximum Gasteiger partial charge on any atom is 0.225 e. The molecule has 0 unspecified atom stereocenters. The van der Waals surface area contributed by atoms with E-state index in [1.807, 2.05) is 24.1 Å². The summed E-state index contributed by atoms with van der Waals surface area (Å²) in [5.74, 6) is 1.49. The van der Waals surface area contributed by atoms with Crippen molar-refractivity contribution >= 4 is 17.4 Å². The topological polar surface area (TPSA) is 66.6 Å². The second-order valence-electron chi connectivity index (χ2n) is 6.31. The number of aromatic nitrogens is 4. The van der Waals surface area contributed by atoms with Gasteiger partial charge in [-0.05, 0) is 25.0 Å². The number of hydrogen-bond acceptors (Lipinski definition) is 5. The molecule has 4 rings (SSSR count). The molecule has 0 atom stereocenters. The van der Waals surface area contributed by atoms with Crippen molar-refractivity contribution in [3.8, 4) is 0 Å². The van der Waals surface area contributed by atoms with Gasteiger partial charge in [0.2, 0.25) is 5.91 Å². The molecule has 1 aliphatic heterocycles. The molecule has 2 aromatic heterocycles. The van der Waals surface area contributed by atoms with Crippen molar-refractivity contribution in [2.24, 2.45) is 5.92 Å². The number of amides is 1. The van der Waals surface area contributed by atoms with Crippen molar-refractivity contribution in [3.05, 3.63) is 18.5 Å². The van der Waals surface area contributed by atoms with Gasteiger partial charge in [-0.2, -0.15) is 4.52 Å². The van der Waals surface area contributed by atoms with Crippen LogP contribution in [0.5, 0.6) is 0 Å². The highest BCUT2D eigenvalue weighted by atomic mass is 16.2. The molecule has 7 nitrogen and oxygen atoms in total. The smallest absolute Gasteiger partial charge is 0.225 e. The summed E-state index contributed by atoms with van der Waals surface area (Å²) in [6.45, 7) is 1.69. The quantitative estimate of drug-likeness (QED) is 0.844. The highest BCUT2D eigenvalue weighted by Gasteiger charge is 2.36. The molecule has 0 N–H and O–H groups in total. The molecule has 0 aromatic carbocycles. The largest absolute Gasteiger partial charge is 0.351 e. The van der Waals surface area contributed by atoms with Crippen LogP contribution in [-0.4, -0.2) is 56.8 Å². The molecule has 2 fully saturated rings. The Hall–Kier alpha value is -2.18. The van der Waals surface area contributed by atoms with Crippen molar-refractivity contribution in [1.29, 1.82) is 0 Å². The van der Waals surface area contributed by atoms with E-state index in [1.54, 1.807) is 10.8 Å². The number of carbonyl (C=O) groups excluding carboxylic acids is 1. The second-order valence-corrected chi connectivity index (χ2v) is 6.31. The van der Waals surface area contributed by atoms with Gasteiger partial charge in [0, 0.05) is 26.1 Å². The van der Waals surface area contributed by atoms with Gasteiger partial charge in [0.1, 0.15) is 12.1 Å². The van der Waals surface area contributed by atoms with Crippen molar-refractivity contribution in [2.45, 2.75) is 31.7 Å². The number of hydrogen-bond donors (Lipinski definition) is 0. The molecule has 0 spiro atoms. The van der Waals surface area contributed by atoms with Gasteiger partial charge in [-0.3, -0.25) is 4.79 Å². The molecule has 1 saturated carbocycles. The molecule has 0 bridgehead atoms. The predicted molar refractivity (Wildman–Crippen MR) is 81.5 cm³/mol. The Morgan fingerprint density at radius 1 is 1.27 bits per heavy atom. The van der Waals surface area contributed by atoms with Crippen LogP contribution in [0.15, 0.2) is 18.5 Å². The Bertz CT molecular complexity index is 686. The van der Waals surface area contributed by atoms with Crippen LogP contribution in [0.2, 0.25) is 0 Å². The van der Waals surface area contributed by atoms with Gasteiger partial charge in [-0.25, -0.2) is 0 Å². The third kappa shape index (κ3) is 2.20. The van der Waals surface area contributed by atoms with Crippen LogP contribution >= 0.6 is 0 Å². The molecule has 3 heterocycles. The van der Waals surface area contributed by atoms with E-state index in [-0.39, 0.29) is 5.92 Å². The minimum absolute atomic E-state index is 0.255. The average molecular weight is 300 g/mol. The normalized spacial score (nSPS) is 19.6. The lowest BCUT2D eigenvalue weighted by atomic mass is 10.0. The van der Waals surface area contributed by atoms with Crippen LogP contribution in [0.25, 0.3) is 5.65 Å². The van der Waals surface area contributed by atoms with Gasteiger partial charge in [0.25, 0.3) is 0 Å². The Balaban J connectivity index is 1.39. The van der Waals surface area contributed by atoms with Crippen LogP contribution in [0.1, 0.15) is 25.7 Å². The summed E-state index contributed by atoms with van der Waals surface area (Å²) >= 11 is 0. The Labute approximate surface area is 128 Å². The zero-order chi connectivity index (χ0) is 15.1. The first kappa shape index (κ1) is 13.5. The molecule has 116 valence electrons. The monoisotopic (exact) mass is 300 g/mol. The van der Waals surface area contributed by atoms with E-state index < -0.39 is 0 Å². The van der Waals surface area contributed by atoms with E-state index in [0.717, 1.165) is 37.4 Å². The Morgan fingerprint density at radius 2 is 2.05 bits per heavy atom. The third-order valence-corrected chi connectivity index (χ3v) is 4.93. The number of anilines is 1. The SMILES string of the molecule is CN(C(=O)C1CCCC1)C1CN(c2ccc3nncn3n2)C1. The number of nitrogens with zero attached hydrogens (tertiary/aromatic N) is 6. The minimum atomic E-state index is 0.255. The van der Waals surface area contributed by atoms with E-state index in [9.17, 15) is 4.79 Å². The summed E-state index contributed by atoms with van der Waals surface area (Å²) in [5, 5.41) is 12.3. The third-order valence-electron chi connectivity index (χ3n) is 4.93. The number of fused-ring (bicyclic) bond motifs is 1. The summed E-state index contributed by atoms with van der Waals surface area (Å²) in [6.07, 6.45) is 6.12. The fourth-order valence-corrected chi connectivity index (χ4v) is 3.42. The van der Waals surface area contributed by atoms with Gasteiger partial charge < -0.3 is 9.80 Å². The van der Waals surface area contributed by atoms with Crippen molar-refractivity contribution in [3.63, 3.8) is 0 Å². The highest BCUT2D eigenvalue weighted by molar-refractivity contribution is 5.79. The maximum absolute atomic E-state index is 12.4. The zero-order valence-electron chi connectivity index (χ0n) is 12.7. The van der Waals surface area contributed by atoms with E-state index in [2.05, 4.69) is 20.2 Å². The molecule has 1 saturated heterocycles. The van der Waals surface area contributed by atoms with E-state index in [1.165, 1.54) is 12.8 Å². The standard InChI is InChI=1S/C15H20N6O/c1-19(15(22)11-4-2-3-5-11)12-8-20(9-12)14-7-6-13-17-16-10-21(13)18-14/h6-7,10-12H,2-5,8-9H2,1H3. The summed E-state index contributed by atoms with van der Waals surface area (Å²) in [5.41, 5.74) is 0.745. The van der Waals surface area contributed by atoms with Gasteiger partial charge in [0.05, 0.1) is 6.04 Å². The molecule has 2 aromatic rings. The highest BCUT2D eigenvalue weighted by Crippen LogP contribution is 2.28. The number of rotatable bonds is 3. The summed E-state index contributed by atoms with van der Waals surface area (Å²) in [7, 11) is 1.94. The van der Waals surface area contributed by atoms with Crippen LogP contribution in [-0.2, 0) is 4.79 Å². The Morgan fingerprint density at radius 3 is 2.82 bits per heavy atom. The van der Waals surface area contributed by atoms with E-state index in [4.69, 9.17) is 0 Å². The first-order valence-corrected chi connectivity index (χ1v) is 7.91. The van der Waals surface area contributed by atoms with Crippen molar-refractivity contribution < 1.29 is 4.79 Å². The van der Waals surface area contributed by atoms with Gasteiger partial charge >= 0.3 is 0 Å². The van der Waals surface area contributed by atoms with Crippen LogP contribution in [0.4, 0.5) is 5.82 Å². The van der Waals surface area contributed by atoms with Crippen LogP contribution in [0, 0.1) is 5.92 Å². The predicted octanol–water partition coefficient (Wildman–Crippen LogP) is 0.961. The minimum Gasteiger partial charge on any atom is -0.351 e. The molecule has 1 aliphatic carbocycles. The summed E-state index contributed by atoms with van der Waals surface area (Å²) in [4.78, 5) is 16.6. The average Bonchev–Trinajstić information content (AvgIpc) is 3.15. The molecule has 0 radical (unpaired) electrons. The maximum atomic E-state index is 12.4. The molecule has 22 heavy (non-hydrogen) atoms. The Kier molecular flexibility index (Phi) is 3.20. The lowest BCUT2D eigenvalue weighted by Crippen LogP contribution is -2.60. The zero-order valence-corrected chi connectivity index (χ0v) is 12.7. The van der Waals surface area contributed by atoms with Crippen LogP contribution in [0.3, 0.4) is 0 Å². The van der Waals surface area contributed by atoms with Gasteiger partial charge in [-0.1, -0.05) is 12.8 Å².